The van der Waals surface area contributed by atoms with E-state index in [2.05, 4.69) is 20.8 Å². The zero-order valence-corrected chi connectivity index (χ0v) is 16.6. The molecule has 9 heteroatoms. The van der Waals surface area contributed by atoms with Gasteiger partial charge in [0, 0.05) is 19.1 Å². The third kappa shape index (κ3) is 7.34. The molecule has 29 heavy (non-hydrogen) atoms. The van der Waals surface area contributed by atoms with Crippen molar-refractivity contribution < 1.29 is 19.1 Å². The molecule has 0 saturated carbocycles. The fourth-order valence-corrected chi connectivity index (χ4v) is 2.73. The summed E-state index contributed by atoms with van der Waals surface area (Å²) in [6.07, 6.45) is 8.46. The smallest absolute Gasteiger partial charge is 0.267 e. The molecule has 2 heterocycles. The van der Waals surface area contributed by atoms with Crippen LogP contribution in [0.5, 0.6) is 5.75 Å². The van der Waals surface area contributed by atoms with Gasteiger partial charge >= 0.3 is 0 Å². The molecular formula is C20H23ClN4O4. The Hall–Kier alpha value is -2.68. The summed E-state index contributed by atoms with van der Waals surface area (Å²) < 4.78 is 11.0. The topological polar surface area (TPSA) is 94.6 Å². The number of halogens is 1. The monoisotopic (exact) mass is 418 g/mol. The Morgan fingerprint density at radius 2 is 2.17 bits per heavy atom. The Bertz CT molecular complexity index is 810. The van der Waals surface area contributed by atoms with Crippen molar-refractivity contribution in [1.82, 2.24) is 15.4 Å². The normalized spacial score (nSPS) is 16.5. The lowest BCUT2D eigenvalue weighted by atomic mass is 10.2. The minimum atomic E-state index is -0.389. The molecule has 2 aromatic rings. The number of nitrogens with one attached hydrogen (secondary N) is 2. The third-order valence-electron chi connectivity index (χ3n) is 4.01. The highest BCUT2D eigenvalue weighted by Crippen LogP contribution is 2.22. The van der Waals surface area contributed by atoms with Gasteiger partial charge < -0.3 is 14.8 Å². The van der Waals surface area contributed by atoms with E-state index < -0.39 is 0 Å². The number of aromatic nitrogens is 2. The van der Waals surface area contributed by atoms with Gasteiger partial charge in [-0.15, -0.1) is 0 Å². The molecule has 0 spiro atoms. The fourth-order valence-electron chi connectivity index (χ4n) is 2.54. The molecule has 1 aliphatic heterocycles. The lowest BCUT2D eigenvalue weighted by molar-refractivity contribution is -0.198. The van der Waals surface area contributed by atoms with Crippen molar-refractivity contribution in [3.05, 3.63) is 53.5 Å². The average Bonchev–Trinajstić information content (AvgIpc) is 2.76. The first-order chi connectivity index (χ1) is 14.2. The lowest BCUT2D eigenvalue weighted by Gasteiger charge is -2.21. The van der Waals surface area contributed by atoms with Crippen molar-refractivity contribution in [2.24, 2.45) is 0 Å². The molecule has 3 rings (SSSR count). The highest BCUT2D eigenvalue weighted by molar-refractivity contribution is 6.32. The van der Waals surface area contributed by atoms with Crippen molar-refractivity contribution in [3.63, 3.8) is 0 Å². The summed E-state index contributed by atoms with van der Waals surface area (Å²) in [4.78, 5) is 25.5. The van der Waals surface area contributed by atoms with E-state index in [1.54, 1.807) is 24.5 Å². The first kappa shape index (κ1) is 21.0. The van der Waals surface area contributed by atoms with Crippen LogP contribution < -0.4 is 15.5 Å². The Morgan fingerprint density at radius 3 is 2.93 bits per heavy atom. The Labute approximate surface area is 174 Å². The molecule has 1 aromatic heterocycles. The van der Waals surface area contributed by atoms with E-state index in [0.29, 0.717) is 42.0 Å². The number of rotatable bonds is 9. The second kappa shape index (κ2) is 11.4. The molecule has 8 nitrogen and oxygen atoms in total. The van der Waals surface area contributed by atoms with Crippen LogP contribution in [0.3, 0.4) is 0 Å². The van der Waals surface area contributed by atoms with Crippen molar-refractivity contribution in [1.29, 1.82) is 0 Å². The van der Waals surface area contributed by atoms with Crippen molar-refractivity contribution in [3.8, 4) is 5.75 Å². The number of benzene rings is 1. The van der Waals surface area contributed by atoms with Crippen LogP contribution in [0.2, 0.25) is 5.02 Å². The van der Waals surface area contributed by atoms with Gasteiger partial charge in [-0.25, -0.2) is 15.3 Å². The van der Waals surface area contributed by atoms with Crippen LogP contribution in [-0.2, 0) is 14.4 Å². The molecule has 1 saturated heterocycles. The maximum Gasteiger partial charge on any atom is 0.267 e. The van der Waals surface area contributed by atoms with E-state index in [-0.39, 0.29) is 12.2 Å². The van der Waals surface area contributed by atoms with Crippen LogP contribution in [0.15, 0.2) is 42.7 Å². The van der Waals surface area contributed by atoms with Gasteiger partial charge in [0.25, 0.3) is 5.91 Å². The van der Waals surface area contributed by atoms with E-state index in [9.17, 15) is 4.79 Å². The number of hydrogen-bond donors (Lipinski definition) is 2. The maximum atomic E-state index is 11.8. The first-order valence-corrected chi connectivity index (χ1v) is 9.77. The summed E-state index contributed by atoms with van der Waals surface area (Å²) in [5, 5.41) is 3.68. The number of hydroxylamine groups is 1. The Kier molecular flexibility index (Phi) is 8.24. The van der Waals surface area contributed by atoms with Gasteiger partial charge in [-0.2, -0.15) is 0 Å². The SMILES string of the molecule is O=C(C=Cc1cnc(NCCOc2ccccc2Cl)cn1)NOC1CCCCO1. The molecule has 1 fully saturated rings. The minimum absolute atomic E-state index is 0.381. The standard InChI is InChI=1S/C20H23ClN4O4/c21-16-5-1-2-6-17(16)27-12-10-22-18-14-23-15(13-24-18)8-9-19(26)25-29-20-7-3-4-11-28-20/h1-2,5-6,8-9,13-14,20H,3-4,7,10-12H2,(H,22,24)(H,25,26). The van der Waals surface area contributed by atoms with Crippen LogP contribution in [0.25, 0.3) is 6.08 Å². The molecule has 1 aliphatic rings. The highest BCUT2D eigenvalue weighted by Gasteiger charge is 2.14. The molecule has 0 radical (unpaired) electrons. The van der Waals surface area contributed by atoms with Gasteiger partial charge in [0.05, 0.1) is 29.7 Å². The summed E-state index contributed by atoms with van der Waals surface area (Å²) in [6, 6.07) is 7.30. The summed E-state index contributed by atoms with van der Waals surface area (Å²) in [6.45, 7) is 1.62. The molecule has 1 atom stereocenters. The van der Waals surface area contributed by atoms with Crippen LogP contribution in [0.1, 0.15) is 25.0 Å². The second-order valence-corrected chi connectivity index (χ2v) is 6.65. The number of amides is 1. The van der Waals surface area contributed by atoms with E-state index in [1.165, 1.54) is 6.08 Å². The number of ether oxygens (including phenoxy) is 2. The predicted molar refractivity (Wildman–Crippen MR) is 109 cm³/mol. The van der Waals surface area contributed by atoms with Gasteiger partial charge in [-0.1, -0.05) is 23.7 Å². The van der Waals surface area contributed by atoms with Crippen LogP contribution in [-0.4, -0.2) is 41.9 Å². The first-order valence-electron chi connectivity index (χ1n) is 9.39. The summed E-state index contributed by atoms with van der Waals surface area (Å²) in [5.74, 6) is 0.854. The second-order valence-electron chi connectivity index (χ2n) is 6.25. The van der Waals surface area contributed by atoms with Gasteiger partial charge in [0.15, 0.2) is 6.29 Å². The number of carbonyl (C=O) groups is 1. The predicted octanol–water partition coefficient (Wildman–Crippen LogP) is 3.21. The van der Waals surface area contributed by atoms with Gasteiger partial charge in [-0.05, 0) is 31.1 Å². The van der Waals surface area contributed by atoms with Crippen LogP contribution in [0, 0.1) is 0 Å². The van der Waals surface area contributed by atoms with Gasteiger partial charge in [-0.3, -0.25) is 9.78 Å². The summed E-state index contributed by atoms with van der Waals surface area (Å²) in [5.41, 5.74) is 2.90. The molecule has 1 unspecified atom stereocenters. The van der Waals surface area contributed by atoms with E-state index in [4.69, 9.17) is 25.9 Å². The summed E-state index contributed by atoms with van der Waals surface area (Å²) in [7, 11) is 0. The molecule has 1 amide bonds. The lowest BCUT2D eigenvalue weighted by Crippen LogP contribution is -2.32. The van der Waals surface area contributed by atoms with Gasteiger partial charge in [0.1, 0.15) is 18.2 Å². The van der Waals surface area contributed by atoms with E-state index in [0.717, 1.165) is 19.3 Å². The Balaban J connectivity index is 1.36. The number of para-hydroxylation sites is 1. The molecule has 0 aliphatic carbocycles. The van der Waals surface area contributed by atoms with Crippen molar-refractivity contribution in [2.75, 3.05) is 25.1 Å². The van der Waals surface area contributed by atoms with Crippen LogP contribution in [0.4, 0.5) is 5.82 Å². The van der Waals surface area contributed by atoms with Gasteiger partial charge in [0.2, 0.25) is 0 Å². The number of nitrogens with zero attached hydrogens (tertiary/aromatic N) is 2. The average molecular weight is 419 g/mol. The number of anilines is 1. The maximum absolute atomic E-state index is 11.8. The summed E-state index contributed by atoms with van der Waals surface area (Å²) >= 11 is 6.03. The largest absolute Gasteiger partial charge is 0.490 e. The Morgan fingerprint density at radius 1 is 1.28 bits per heavy atom. The van der Waals surface area contributed by atoms with E-state index in [1.807, 2.05) is 18.2 Å². The molecule has 1 aromatic carbocycles. The van der Waals surface area contributed by atoms with Crippen molar-refractivity contribution >= 4 is 29.4 Å². The zero-order chi connectivity index (χ0) is 20.3. The van der Waals surface area contributed by atoms with Crippen molar-refractivity contribution in [2.45, 2.75) is 25.6 Å². The highest BCUT2D eigenvalue weighted by atomic mass is 35.5. The quantitative estimate of drug-likeness (QED) is 0.367. The molecule has 2 N–H and O–H groups in total. The molecule has 154 valence electrons. The zero-order valence-electron chi connectivity index (χ0n) is 15.8. The van der Waals surface area contributed by atoms with Crippen LogP contribution >= 0.6 is 11.6 Å². The third-order valence-corrected chi connectivity index (χ3v) is 4.32. The van der Waals surface area contributed by atoms with E-state index >= 15 is 0 Å². The minimum Gasteiger partial charge on any atom is -0.490 e. The fraction of sp³-hybridized carbons (Fsp3) is 0.350. The molecular weight excluding hydrogens is 396 g/mol. The molecule has 0 bridgehead atoms. The number of carbonyl (C=O) groups excluding carboxylic acids is 1. The number of hydrogen-bond acceptors (Lipinski definition) is 7.